The lowest BCUT2D eigenvalue weighted by molar-refractivity contribution is 0.414. The molecule has 0 aliphatic rings. The molecule has 3 heteroatoms. The molecule has 1 aromatic carbocycles. The first kappa shape index (κ1) is 10.7. The minimum absolute atomic E-state index is 0.736. The highest BCUT2D eigenvalue weighted by atomic mass is 16.5. The van der Waals surface area contributed by atoms with Crippen LogP contribution in [0.3, 0.4) is 0 Å². The van der Waals surface area contributed by atoms with Crippen LogP contribution < -0.4 is 4.74 Å². The fourth-order valence-corrected chi connectivity index (χ4v) is 1.95. The predicted octanol–water partition coefficient (Wildman–Crippen LogP) is 3.31. The monoisotopic (exact) mass is 236 g/mol. The number of para-hydroxylation sites is 1. The van der Waals surface area contributed by atoms with Crippen molar-refractivity contribution in [3.63, 3.8) is 0 Å². The molecule has 0 spiro atoms. The summed E-state index contributed by atoms with van der Waals surface area (Å²) in [4.78, 5) is 8.95. The van der Waals surface area contributed by atoms with Crippen molar-refractivity contribution in [2.75, 3.05) is 7.11 Å². The maximum atomic E-state index is 5.31. The van der Waals surface area contributed by atoms with Crippen LogP contribution in [0.4, 0.5) is 0 Å². The quantitative estimate of drug-likeness (QED) is 0.684. The molecule has 0 saturated carbocycles. The molecule has 0 radical (unpaired) electrons. The third kappa shape index (κ3) is 1.80. The lowest BCUT2D eigenvalue weighted by atomic mass is 10.1. The normalized spacial score (nSPS) is 10.5. The molecule has 0 fully saturated rings. The number of hydrogen-bond donors (Lipinski definition) is 0. The summed E-state index contributed by atoms with van der Waals surface area (Å²) in [5.74, 6) is 0.736. The molecular formula is C15H12N2O. The van der Waals surface area contributed by atoms with E-state index in [-0.39, 0.29) is 0 Å². The minimum atomic E-state index is 0.736. The molecule has 2 aromatic heterocycles. The van der Waals surface area contributed by atoms with E-state index in [0.29, 0.717) is 0 Å². The molecule has 0 aliphatic heterocycles. The lowest BCUT2D eigenvalue weighted by Crippen LogP contribution is -1.93. The summed E-state index contributed by atoms with van der Waals surface area (Å²) >= 11 is 0. The third-order valence-corrected chi connectivity index (χ3v) is 2.83. The van der Waals surface area contributed by atoms with Crippen molar-refractivity contribution in [2.45, 2.75) is 0 Å². The number of hydrogen-bond acceptors (Lipinski definition) is 3. The van der Waals surface area contributed by atoms with Crippen LogP contribution in [0.1, 0.15) is 0 Å². The standard InChI is InChI=1S/C15H12N2O/c1-18-14-7-4-10-16-15(14)13-9-8-11-5-2-3-6-12(11)17-13/h2-10H,1H3. The zero-order chi connectivity index (χ0) is 12.4. The summed E-state index contributed by atoms with van der Waals surface area (Å²) in [6.45, 7) is 0. The lowest BCUT2D eigenvalue weighted by Gasteiger charge is -2.07. The van der Waals surface area contributed by atoms with Gasteiger partial charge in [-0.2, -0.15) is 0 Å². The Kier molecular flexibility index (Phi) is 2.65. The molecule has 0 aliphatic carbocycles. The van der Waals surface area contributed by atoms with Gasteiger partial charge in [-0.15, -0.1) is 0 Å². The van der Waals surface area contributed by atoms with Crippen molar-refractivity contribution < 1.29 is 4.74 Å². The van der Waals surface area contributed by atoms with E-state index in [4.69, 9.17) is 4.74 Å². The van der Waals surface area contributed by atoms with Gasteiger partial charge in [-0.1, -0.05) is 24.3 Å². The molecule has 0 atom stereocenters. The number of pyridine rings is 2. The van der Waals surface area contributed by atoms with Crippen molar-refractivity contribution in [1.82, 2.24) is 9.97 Å². The second-order valence-corrected chi connectivity index (χ2v) is 3.94. The molecule has 2 heterocycles. The highest BCUT2D eigenvalue weighted by Crippen LogP contribution is 2.26. The number of nitrogens with zero attached hydrogens (tertiary/aromatic N) is 2. The number of aromatic nitrogens is 2. The zero-order valence-corrected chi connectivity index (χ0v) is 10.00. The first-order valence-electron chi connectivity index (χ1n) is 5.73. The van der Waals surface area contributed by atoms with Gasteiger partial charge in [-0.05, 0) is 24.3 Å². The van der Waals surface area contributed by atoms with E-state index in [2.05, 4.69) is 9.97 Å². The Bertz CT molecular complexity index is 695. The maximum Gasteiger partial charge on any atom is 0.146 e. The Morgan fingerprint density at radius 1 is 0.944 bits per heavy atom. The van der Waals surface area contributed by atoms with Gasteiger partial charge in [-0.3, -0.25) is 4.98 Å². The molecule has 18 heavy (non-hydrogen) atoms. The number of benzene rings is 1. The largest absolute Gasteiger partial charge is 0.494 e. The maximum absolute atomic E-state index is 5.31. The molecule has 0 unspecified atom stereocenters. The van der Waals surface area contributed by atoms with Crippen molar-refractivity contribution in [3.8, 4) is 17.1 Å². The van der Waals surface area contributed by atoms with Gasteiger partial charge in [0, 0.05) is 11.6 Å². The highest BCUT2D eigenvalue weighted by molar-refractivity contribution is 5.81. The first-order chi connectivity index (χ1) is 8.88. The van der Waals surface area contributed by atoms with Crippen LogP contribution in [0.2, 0.25) is 0 Å². The number of fused-ring (bicyclic) bond motifs is 1. The molecule has 0 saturated heterocycles. The summed E-state index contributed by atoms with van der Waals surface area (Å²) in [6.07, 6.45) is 1.74. The summed E-state index contributed by atoms with van der Waals surface area (Å²) in [5.41, 5.74) is 2.56. The molecule has 3 aromatic rings. The van der Waals surface area contributed by atoms with Crippen molar-refractivity contribution in [3.05, 3.63) is 54.7 Å². The van der Waals surface area contributed by atoms with E-state index in [1.807, 2.05) is 48.5 Å². The SMILES string of the molecule is COc1cccnc1-c1ccc2ccccc2n1. The Hall–Kier alpha value is -2.42. The summed E-state index contributed by atoms with van der Waals surface area (Å²) in [6, 6.07) is 15.8. The van der Waals surface area contributed by atoms with E-state index in [0.717, 1.165) is 28.0 Å². The smallest absolute Gasteiger partial charge is 0.146 e. The van der Waals surface area contributed by atoms with Crippen molar-refractivity contribution >= 4 is 10.9 Å². The Balaban J connectivity index is 2.19. The van der Waals surface area contributed by atoms with Gasteiger partial charge in [-0.25, -0.2) is 4.98 Å². The molecule has 0 bridgehead atoms. The molecule has 0 amide bonds. The van der Waals surface area contributed by atoms with Crippen LogP contribution in [-0.2, 0) is 0 Å². The Labute approximate surface area is 105 Å². The van der Waals surface area contributed by atoms with Crippen molar-refractivity contribution in [2.24, 2.45) is 0 Å². The van der Waals surface area contributed by atoms with E-state index in [9.17, 15) is 0 Å². The summed E-state index contributed by atoms with van der Waals surface area (Å²) in [7, 11) is 1.64. The van der Waals surface area contributed by atoms with Crippen LogP contribution in [0.25, 0.3) is 22.3 Å². The third-order valence-electron chi connectivity index (χ3n) is 2.83. The van der Waals surface area contributed by atoms with Crippen LogP contribution in [0.15, 0.2) is 54.7 Å². The van der Waals surface area contributed by atoms with Crippen LogP contribution in [0, 0.1) is 0 Å². The predicted molar refractivity (Wildman–Crippen MR) is 71.5 cm³/mol. The van der Waals surface area contributed by atoms with E-state index < -0.39 is 0 Å². The van der Waals surface area contributed by atoms with E-state index in [1.165, 1.54) is 0 Å². The molecule has 3 nitrogen and oxygen atoms in total. The van der Waals surface area contributed by atoms with Crippen LogP contribution in [0.5, 0.6) is 5.75 Å². The molecule has 3 rings (SSSR count). The Morgan fingerprint density at radius 3 is 2.72 bits per heavy atom. The molecule has 0 N–H and O–H groups in total. The average Bonchev–Trinajstić information content (AvgIpc) is 2.46. The fourth-order valence-electron chi connectivity index (χ4n) is 1.95. The first-order valence-corrected chi connectivity index (χ1v) is 5.73. The molecule has 88 valence electrons. The van der Waals surface area contributed by atoms with Gasteiger partial charge >= 0.3 is 0 Å². The van der Waals surface area contributed by atoms with Crippen molar-refractivity contribution in [1.29, 1.82) is 0 Å². The number of rotatable bonds is 2. The van der Waals surface area contributed by atoms with Gasteiger partial charge in [0.25, 0.3) is 0 Å². The number of methoxy groups -OCH3 is 1. The van der Waals surface area contributed by atoms with Gasteiger partial charge in [0.1, 0.15) is 11.4 Å². The van der Waals surface area contributed by atoms with Gasteiger partial charge in [0.2, 0.25) is 0 Å². The molecular weight excluding hydrogens is 224 g/mol. The van der Waals surface area contributed by atoms with Gasteiger partial charge < -0.3 is 4.74 Å². The van der Waals surface area contributed by atoms with E-state index in [1.54, 1.807) is 13.3 Å². The fraction of sp³-hybridized carbons (Fsp3) is 0.0667. The summed E-state index contributed by atoms with van der Waals surface area (Å²) in [5, 5.41) is 1.12. The second-order valence-electron chi connectivity index (χ2n) is 3.94. The Morgan fingerprint density at radius 2 is 1.83 bits per heavy atom. The summed E-state index contributed by atoms with van der Waals surface area (Å²) < 4.78 is 5.31. The van der Waals surface area contributed by atoms with Crippen LogP contribution in [-0.4, -0.2) is 17.1 Å². The topological polar surface area (TPSA) is 35.0 Å². The highest BCUT2D eigenvalue weighted by Gasteiger charge is 2.08. The average molecular weight is 236 g/mol. The second kappa shape index (κ2) is 4.45. The van der Waals surface area contributed by atoms with Gasteiger partial charge in [0.15, 0.2) is 0 Å². The van der Waals surface area contributed by atoms with Gasteiger partial charge in [0.05, 0.1) is 18.3 Å². The minimum Gasteiger partial charge on any atom is -0.494 e. The zero-order valence-electron chi connectivity index (χ0n) is 10.00. The van der Waals surface area contributed by atoms with E-state index >= 15 is 0 Å². The number of ether oxygens (including phenoxy) is 1. The van der Waals surface area contributed by atoms with Crippen LogP contribution >= 0.6 is 0 Å².